The molecule has 10 rings (SSSR count). The highest BCUT2D eigenvalue weighted by molar-refractivity contribution is 5.93. The molecule has 7 unspecified atom stereocenters. The molecule has 0 aromatic heterocycles. The first-order chi connectivity index (χ1) is 27.3. The van der Waals surface area contributed by atoms with Crippen molar-refractivity contribution in [1.82, 2.24) is 0 Å². The Balaban J connectivity index is 0.000000150. The summed E-state index contributed by atoms with van der Waals surface area (Å²) >= 11 is 0. The number of hydrogen-bond acceptors (Lipinski definition) is 6. The minimum atomic E-state index is -0.842. The second-order valence-corrected chi connectivity index (χ2v) is 21.9. The maximum atomic E-state index is 12.8. The van der Waals surface area contributed by atoms with Crippen LogP contribution in [0.5, 0.6) is 0 Å². The SMILES string of the molecule is CC1(C)CC[C@@]2(CCC3C4CCc5cc(C(=O)O)ccc5C4CC[C@@]32C)OC1=O.CC1(C)CC[C@@]2(CCC3C4CCc5cc(C(N)=O)ccc5C4CCC32C)OC1=O. The molecule has 0 radical (unpaired) electrons. The van der Waals surface area contributed by atoms with Crippen molar-refractivity contribution >= 4 is 23.8 Å². The van der Waals surface area contributed by atoms with E-state index >= 15 is 0 Å². The van der Waals surface area contributed by atoms with Crippen LogP contribution in [-0.2, 0) is 31.9 Å². The third-order valence-electron chi connectivity index (χ3n) is 18.6. The zero-order chi connectivity index (χ0) is 41.2. The molecule has 3 N–H and O–H groups in total. The highest BCUT2D eigenvalue weighted by Crippen LogP contribution is 2.69. The van der Waals surface area contributed by atoms with Gasteiger partial charge in [-0.1, -0.05) is 26.0 Å². The van der Waals surface area contributed by atoms with Crippen LogP contribution in [0, 0.1) is 45.3 Å². The number of esters is 2. The maximum absolute atomic E-state index is 12.8. The van der Waals surface area contributed by atoms with E-state index in [0.717, 1.165) is 96.3 Å². The lowest BCUT2D eigenvalue weighted by atomic mass is 9.52. The Morgan fingerprint density at radius 2 is 1.02 bits per heavy atom. The number of fused-ring (bicyclic) bond motifs is 12. The standard InChI is InChI=1S/C25H33NO3.C25H32O4/c2*1-23(2)12-13-25(29-22(23)28)11-9-20-19-7-4-15-14-16(21(26)27)5-6-17(15)18(19)8-10-24(20,25)3/h5-6,14,18-20H,4,7-13H2,1-3H3,(H2,26,27);5-6,14,18-20H,4,7-13H2,1-3H3,(H,26,27)/t18?,19?,20?,24?,25-;18?,19?,20?,24-,25+/m10/s1. The highest BCUT2D eigenvalue weighted by Gasteiger charge is 2.67. The molecule has 10 atom stereocenters. The van der Waals surface area contributed by atoms with Crippen molar-refractivity contribution in [2.75, 3.05) is 0 Å². The van der Waals surface area contributed by atoms with E-state index in [2.05, 4.69) is 26.0 Å². The first-order valence-electron chi connectivity index (χ1n) is 22.6. The minimum absolute atomic E-state index is 0.000666. The van der Waals surface area contributed by atoms with Crippen molar-refractivity contribution in [2.24, 2.45) is 51.1 Å². The second kappa shape index (κ2) is 13.4. The number of primary amides is 1. The Hall–Kier alpha value is -3.68. The highest BCUT2D eigenvalue weighted by atomic mass is 16.6. The van der Waals surface area contributed by atoms with Crippen LogP contribution in [0.4, 0.5) is 0 Å². The molecule has 6 aliphatic carbocycles. The lowest BCUT2D eigenvalue weighted by Crippen LogP contribution is -2.56. The molecule has 8 heteroatoms. The number of carboxylic acid groups (broad SMARTS) is 1. The Morgan fingerprint density at radius 1 is 0.586 bits per heavy atom. The normalized spacial score (nSPS) is 40.0. The summed E-state index contributed by atoms with van der Waals surface area (Å²) in [4.78, 5) is 48.5. The number of nitrogens with two attached hydrogens (primary N) is 1. The average Bonchev–Trinajstić information content (AvgIpc) is 3.64. The molecular weight excluding hydrogens is 727 g/mol. The van der Waals surface area contributed by atoms with Gasteiger partial charge in [0.15, 0.2) is 0 Å². The predicted molar refractivity (Wildman–Crippen MR) is 221 cm³/mol. The van der Waals surface area contributed by atoms with Crippen LogP contribution in [0.15, 0.2) is 36.4 Å². The molecule has 2 saturated heterocycles. The van der Waals surface area contributed by atoms with Gasteiger partial charge in [-0.2, -0.15) is 0 Å². The molecule has 2 aromatic rings. The lowest BCUT2D eigenvalue weighted by molar-refractivity contribution is -0.206. The quantitative estimate of drug-likeness (QED) is 0.289. The molecule has 2 heterocycles. The van der Waals surface area contributed by atoms with Crippen molar-refractivity contribution in [2.45, 2.75) is 167 Å². The van der Waals surface area contributed by atoms with Gasteiger partial charge in [-0.25, -0.2) is 4.79 Å². The smallest absolute Gasteiger partial charge is 0.335 e. The van der Waals surface area contributed by atoms with E-state index in [1.807, 2.05) is 45.9 Å². The number of carbonyl (C=O) groups is 4. The third-order valence-corrected chi connectivity index (χ3v) is 18.6. The number of rotatable bonds is 2. The Morgan fingerprint density at radius 3 is 1.43 bits per heavy atom. The molecule has 1 amide bonds. The zero-order valence-electron chi connectivity index (χ0n) is 35.7. The Kier molecular flexibility index (Phi) is 9.19. The van der Waals surface area contributed by atoms with Crippen LogP contribution in [0.1, 0.15) is 186 Å². The molecule has 8 nitrogen and oxygen atoms in total. The lowest BCUT2D eigenvalue weighted by Gasteiger charge is -2.56. The van der Waals surface area contributed by atoms with Gasteiger partial charge in [0.05, 0.1) is 16.4 Å². The molecule has 4 saturated carbocycles. The van der Waals surface area contributed by atoms with Gasteiger partial charge in [-0.05, 0) is 212 Å². The van der Waals surface area contributed by atoms with Crippen molar-refractivity contribution in [3.63, 3.8) is 0 Å². The molecule has 312 valence electrons. The van der Waals surface area contributed by atoms with Crippen molar-refractivity contribution < 1.29 is 33.8 Å². The number of ether oxygens (including phenoxy) is 2. The van der Waals surface area contributed by atoms with Crippen LogP contribution >= 0.6 is 0 Å². The van der Waals surface area contributed by atoms with Gasteiger partial charge >= 0.3 is 17.9 Å². The number of carbonyl (C=O) groups excluding carboxylic acids is 3. The van der Waals surface area contributed by atoms with Crippen LogP contribution in [0.25, 0.3) is 0 Å². The summed E-state index contributed by atoms with van der Waals surface area (Å²) < 4.78 is 12.6. The fraction of sp³-hybridized carbons (Fsp3) is 0.680. The third kappa shape index (κ3) is 5.79. The van der Waals surface area contributed by atoms with E-state index in [-0.39, 0.29) is 50.7 Å². The van der Waals surface area contributed by atoms with Gasteiger partial charge in [-0.15, -0.1) is 0 Å². The number of aryl methyl sites for hydroxylation is 2. The van der Waals surface area contributed by atoms with E-state index in [9.17, 15) is 24.3 Å². The van der Waals surface area contributed by atoms with Gasteiger partial charge in [-0.3, -0.25) is 14.4 Å². The number of aromatic carboxylic acids is 1. The summed E-state index contributed by atoms with van der Waals surface area (Å²) in [5, 5.41) is 9.33. The molecular formula is C50H65NO7. The van der Waals surface area contributed by atoms with Crippen LogP contribution in [0.2, 0.25) is 0 Å². The van der Waals surface area contributed by atoms with Crippen LogP contribution in [0.3, 0.4) is 0 Å². The van der Waals surface area contributed by atoms with E-state index in [4.69, 9.17) is 15.2 Å². The minimum Gasteiger partial charge on any atom is -0.478 e. The van der Waals surface area contributed by atoms with E-state index in [1.54, 1.807) is 6.07 Å². The van der Waals surface area contributed by atoms with Crippen molar-refractivity contribution in [1.29, 1.82) is 0 Å². The van der Waals surface area contributed by atoms with Gasteiger partial charge < -0.3 is 20.3 Å². The van der Waals surface area contributed by atoms with E-state index in [0.29, 0.717) is 46.6 Å². The Bertz CT molecular complexity index is 1920. The van der Waals surface area contributed by atoms with Crippen LogP contribution in [-0.4, -0.2) is 40.1 Å². The van der Waals surface area contributed by atoms with Crippen molar-refractivity contribution in [3.8, 4) is 0 Å². The summed E-state index contributed by atoms with van der Waals surface area (Å²) in [6.45, 7) is 12.9. The Labute approximate surface area is 344 Å². The zero-order valence-corrected chi connectivity index (χ0v) is 35.7. The summed E-state index contributed by atoms with van der Waals surface area (Å²) in [5.74, 6) is 2.34. The van der Waals surface area contributed by atoms with Gasteiger partial charge in [0.1, 0.15) is 11.2 Å². The second-order valence-electron chi connectivity index (χ2n) is 21.9. The maximum Gasteiger partial charge on any atom is 0.335 e. The number of carboxylic acids is 1. The molecule has 58 heavy (non-hydrogen) atoms. The average molecular weight is 792 g/mol. The fourth-order valence-electron chi connectivity index (χ4n) is 14.8. The molecule has 8 aliphatic rings. The largest absolute Gasteiger partial charge is 0.478 e. The van der Waals surface area contributed by atoms with Gasteiger partial charge in [0.2, 0.25) is 5.91 Å². The summed E-state index contributed by atoms with van der Waals surface area (Å²) in [6, 6.07) is 11.8. The predicted octanol–water partition coefficient (Wildman–Crippen LogP) is 10.1. The number of hydrogen-bond donors (Lipinski definition) is 2. The molecule has 2 spiro atoms. The molecule has 6 fully saturated rings. The number of benzene rings is 2. The molecule has 2 aromatic carbocycles. The summed E-state index contributed by atoms with van der Waals surface area (Å²) in [7, 11) is 0. The van der Waals surface area contributed by atoms with Gasteiger partial charge in [0, 0.05) is 16.4 Å². The van der Waals surface area contributed by atoms with Crippen molar-refractivity contribution in [3.05, 3.63) is 69.8 Å². The summed E-state index contributed by atoms with van der Waals surface area (Å²) in [5.41, 5.74) is 10.8. The van der Waals surface area contributed by atoms with Crippen LogP contribution < -0.4 is 5.73 Å². The summed E-state index contributed by atoms with van der Waals surface area (Å²) in [6.07, 6.45) is 16.9. The fourth-order valence-corrected chi connectivity index (χ4v) is 14.8. The first-order valence-corrected chi connectivity index (χ1v) is 22.6. The first kappa shape index (κ1) is 39.8. The van der Waals surface area contributed by atoms with Gasteiger partial charge in [0.25, 0.3) is 0 Å². The number of amides is 1. The topological polar surface area (TPSA) is 133 Å². The van der Waals surface area contributed by atoms with E-state index in [1.165, 1.54) is 28.7 Å². The van der Waals surface area contributed by atoms with E-state index < -0.39 is 5.97 Å². The molecule has 0 bridgehead atoms. The monoisotopic (exact) mass is 791 g/mol. The molecule has 2 aliphatic heterocycles.